The third kappa shape index (κ3) is 9.22. The number of phenols is 1. The van der Waals surface area contributed by atoms with Crippen LogP contribution in [0.1, 0.15) is 65.0 Å². The fraction of sp³-hybridized carbons (Fsp3) is 0.375. The second-order valence-corrected chi connectivity index (χ2v) is 11.1. The molecule has 0 aliphatic rings. The third-order valence-corrected chi connectivity index (χ3v) is 6.47. The summed E-state index contributed by atoms with van der Waals surface area (Å²) in [5, 5.41) is 17.7. The number of fused-ring (bicyclic) bond motifs is 1. The smallest absolute Gasteiger partial charge is 0.408 e. The van der Waals surface area contributed by atoms with E-state index in [0.29, 0.717) is 24.1 Å². The highest BCUT2D eigenvalue weighted by Crippen LogP contribution is 2.28. The van der Waals surface area contributed by atoms with Crippen molar-refractivity contribution >= 4 is 40.3 Å². The molecule has 10 heteroatoms. The monoisotopic (exact) mass is 576 g/mol. The van der Waals surface area contributed by atoms with Crippen LogP contribution in [0.25, 0.3) is 10.8 Å². The van der Waals surface area contributed by atoms with E-state index >= 15 is 0 Å². The molecule has 2 atom stereocenters. The molecule has 0 heterocycles. The zero-order valence-corrected chi connectivity index (χ0v) is 24.6. The standard InChI is InChI=1S/C32H40N4O6/c1-5-6-18-36(30(40)26(16-17-27(33)38)35-31(41)42-32(2,3)4)28(23-12-9-13-25(37)20-23)29(39)34-24-15-14-21-10-7-8-11-22(21)19-24/h7-15,19-20,26,28,37H,5-6,16-18H2,1-4H3,(H2,33,38)(H,34,39)(H,35,41). The van der Waals surface area contributed by atoms with Crippen LogP contribution in [0.4, 0.5) is 10.5 Å². The number of amides is 4. The maximum atomic E-state index is 14.2. The lowest BCUT2D eigenvalue weighted by atomic mass is 10.0. The third-order valence-electron chi connectivity index (χ3n) is 6.47. The molecular formula is C32H40N4O6. The van der Waals surface area contributed by atoms with Gasteiger partial charge in [0.15, 0.2) is 0 Å². The number of phenolic OH excluding ortho intramolecular Hbond substituents is 1. The van der Waals surface area contributed by atoms with Gasteiger partial charge in [0.05, 0.1) is 0 Å². The Morgan fingerprint density at radius 3 is 2.33 bits per heavy atom. The predicted octanol–water partition coefficient (Wildman–Crippen LogP) is 5.01. The molecule has 2 unspecified atom stereocenters. The van der Waals surface area contributed by atoms with Crippen molar-refractivity contribution in [2.45, 2.75) is 71.1 Å². The zero-order chi connectivity index (χ0) is 30.9. The Hall–Kier alpha value is -4.60. The Labute approximate surface area is 246 Å². The summed E-state index contributed by atoms with van der Waals surface area (Å²) in [5.74, 6) is -1.81. The van der Waals surface area contributed by atoms with Crippen molar-refractivity contribution in [3.8, 4) is 5.75 Å². The number of nitrogens with zero attached hydrogens (tertiary/aromatic N) is 1. The summed E-state index contributed by atoms with van der Waals surface area (Å²) in [7, 11) is 0. The molecule has 0 aromatic heterocycles. The first kappa shape index (κ1) is 31.9. The van der Waals surface area contributed by atoms with Crippen molar-refractivity contribution in [2.24, 2.45) is 5.73 Å². The summed E-state index contributed by atoms with van der Waals surface area (Å²) < 4.78 is 5.36. The molecule has 0 fully saturated rings. The molecule has 0 aliphatic carbocycles. The van der Waals surface area contributed by atoms with E-state index in [2.05, 4.69) is 10.6 Å². The summed E-state index contributed by atoms with van der Waals surface area (Å²) in [5.41, 5.74) is 5.45. The first-order valence-corrected chi connectivity index (χ1v) is 14.0. The highest BCUT2D eigenvalue weighted by Gasteiger charge is 2.36. The maximum absolute atomic E-state index is 14.2. The molecule has 5 N–H and O–H groups in total. The lowest BCUT2D eigenvalue weighted by Crippen LogP contribution is -2.52. The molecule has 0 saturated carbocycles. The van der Waals surface area contributed by atoms with Crippen LogP contribution in [-0.4, -0.2) is 52.0 Å². The Morgan fingerprint density at radius 1 is 0.976 bits per heavy atom. The van der Waals surface area contributed by atoms with Gasteiger partial charge in [0.25, 0.3) is 5.91 Å². The van der Waals surface area contributed by atoms with Crippen molar-refractivity contribution in [3.63, 3.8) is 0 Å². The summed E-state index contributed by atoms with van der Waals surface area (Å²) in [6.45, 7) is 7.19. The normalized spacial score (nSPS) is 12.7. The number of benzene rings is 3. The average molecular weight is 577 g/mol. The number of rotatable bonds is 12. The molecule has 3 rings (SSSR count). The molecule has 3 aromatic carbocycles. The molecule has 4 amide bonds. The molecule has 10 nitrogen and oxygen atoms in total. The number of nitrogens with two attached hydrogens (primary N) is 1. The highest BCUT2D eigenvalue weighted by molar-refractivity contribution is 6.00. The van der Waals surface area contributed by atoms with Gasteiger partial charge in [-0.05, 0) is 74.2 Å². The lowest BCUT2D eigenvalue weighted by Gasteiger charge is -2.34. The van der Waals surface area contributed by atoms with Crippen LogP contribution in [0.2, 0.25) is 0 Å². The Kier molecular flexibility index (Phi) is 10.9. The van der Waals surface area contributed by atoms with Crippen LogP contribution in [0.3, 0.4) is 0 Å². The molecular weight excluding hydrogens is 536 g/mol. The minimum absolute atomic E-state index is 0.0731. The van der Waals surface area contributed by atoms with E-state index in [9.17, 15) is 24.3 Å². The van der Waals surface area contributed by atoms with Crippen LogP contribution in [0.5, 0.6) is 5.75 Å². The average Bonchev–Trinajstić information content (AvgIpc) is 2.91. The zero-order valence-electron chi connectivity index (χ0n) is 24.6. The van der Waals surface area contributed by atoms with Gasteiger partial charge in [0, 0.05) is 18.7 Å². The number of nitrogens with one attached hydrogen (secondary N) is 2. The number of alkyl carbamates (subject to hydrolysis) is 1. The van der Waals surface area contributed by atoms with Gasteiger partial charge in [0.1, 0.15) is 23.4 Å². The van der Waals surface area contributed by atoms with Crippen LogP contribution in [0, 0.1) is 0 Å². The van der Waals surface area contributed by atoms with E-state index in [-0.39, 0.29) is 25.1 Å². The first-order chi connectivity index (χ1) is 19.9. The number of hydrogen-bond acceptors (Lipinski definition) is 6. The fourth-order valence-electron chi connectivity index (χ4n) is 4.53. The summed E-state index contributed by atoms with van der Waals surface area (Å²) >= 11 is 0. The number of ether oxygens (including phenoxy) is 1. The minimum atomic E-state index is -1.20. The van der Waals surface area contributed by atoms with E-state index in [1.165, 1.54) is 17.0 Å². The van der Waals surface area contributed by atoms with Gasteiger partial charge in [-0.3, -0.25) is 14.4 Å². The van der Waals surface area contributed by atoms with Crippen LogP contribution >= 0.6 is 0 Å². The molecule has 0 saturated heterocycles. The summed E-state index contributed by atoms with van der Waals surface area (Å²) in [6, 6.07) is 17.0. The quantitative estimate of drug-likeness (QED) is 0.238. The van der Waals surface area contributed by atoms with Crippen molar-refractivity contribution in [3.05, 3.63) is 72.3 Å². The molecule has 0 aliphatic heterocycles. The van der Waals surface area contributed by atoms with E-state index < -0.39 is 41.5 Å². The molecule has 3 aromatic rings. The van der Waals surface area contributed by atoms with Crippen molar-refractivity contribution in [1.82, 2.24) is 10.2 Å². The molecule has 0 radical (unpaired) electrons. The topological polar surface area (TPSA) is 151 Å². The van der Waals surface area contributed by atoms with E-state index in [0.717, 1.165) is 10.8 Å². The van der Waals surface area contributed by atoms with Gasteiger partial charge in [-0.1, -0.05) is 55.8 Å². The molecule has 0 bridgehead atoms. The molecule has 42 heavy (non-hydrogen) atoms. The van der Waals surface area contributed by atoms with Gasteiger partial charge >= 0.3 is 6.09 Å². The number of primary amides is 1. The van der Waals surface area contributed by atoms with Crippen LogP contribution in [-0.2, 0) is 19.1 Å². The van der Waals surface area contributed by atoms with E-state index in [1.807, 2.05) is 43.3 Å². The van der Waals surface area contributed by atoms with Crippen LogP contribution < -0.4 is 16.4 Å². The maximum Gasteiger partial charge on any atom is 0.408 e. The number of anilines is 1. The van der Waals surface area contributed by atoms with Crippen LogP contribution in [0.15, 0.2) is 66.7 Å². The number of carbonyl (C=O) groups is 4. The van der Waals surface area contributed by atoms with Gasteiger partial charge < -0.3 is 31.1 Å². The van der Waals surface area contributed by atoms with E-state index in [1.54, 1.807) is 39.0 Å². The SMILES string of the molecule is CCCCN(C(=O)C(CCC(N)=O)NC(=O)OC(C)(C)C)C(C(=O)Nc1ccc2ccccc2c1)c1cccc(O)c1. The summed E-state index contributed by atoms with van der Waals surface area (Å²) in [6.07, 6.45) is 0.173. The number of unbranched alkanes of at least 4 members (excludes halogenated alkanes) is 1. The van der Waals surface area contributed by atoms with Gasteiger partial charge in [0.2, 0.25) is 11.8 Å². The van der Waals surface area contributed by atoms with Crippen molar-refractivity contribution in [2.75, 3.05) is 11.9 Å². The second kappa shape index (κ2) is 14.3. The Bertz CT molecular complexity index is 1420. The van der Waals surface area contributed by atoms with Gasteiger partial charge in [-0.2, -0.15) is 0 Å². The predicted molar refractivity (Wildman–Crippen MR) is 162 cm³/mol. The summed E-state index contributed by atoms with van der Waals surface area (Å²) in [4.78, 5) is 53.9. The Balaban J connectivity index is 2.02. The first-order valence-electron chi connectivity index (χ1n) is 14.0. The van der Waals surface area contributed by atoms with Gasteiger partial charge in [-0.15, -0.1) is 0 Å². The number of carbonyl (C=O) groups excluding carboxylic acids is 4. The molecule has 224 valence electrons. The largest absolute Gasteiger partial charge is 0.508 e. The number of aromatic hydroxyl groups is 1. The minimum Gasteiger partial charge on any atom is -0.508 e. The van der Waals surface area contributed by atoms with E-state index in [4.69, 9.17) is 10.5 Å². The van der Waals surface area contributed by atoms with Crippen molar-refractivity contribution < 1.29 is 29.0 Å². The number of hydrogen-bond donors (Lipinski definition) is 4. The molecule has 0 spiro atoms. The van der Waals surface area contributed by atoms with Gasteiger partial charge in [-0.25, -0.2) is 4.79 Å². The second-order valence-electron chi connectivity index (χ2n) is 11.1. The van der Waals surface area contributed by atoms with Crippen molar-refractivity contribution in [1.29, 1.82) is 0 Å². The fourth-order valence-corrected chi connectivity index (χ4v) is 4.53. The highest BCUT2D eigenvalue weighted by atomic mass is 16.6. The lowest BCUT2D eigenvalue weighted by molar-refractivity contribution is -0.141. The Morgan fingerprint density at radius 2 is 1.69 bits per heavy atom.